The molecule has 5 heteroatoms. The molecule has 0 saturated heterocycles. The minimum Gasteiger partial charge on any atom is -0.204 e. The molecule has 0 aliphatic heterocycles. The summed E-state index contributed by atoms with van der Waals surface area (Å²) in [6.07, 6.45) is -1.07. The topological polar surface area (TPSA) is 0 Å². The van der Waals surface area contributed by atoms with Gasteiger partial charge in [0, 0.05) is 0 Å². The lowest BCUT2D eigenvalue weighted by atomic mass is 10.0. The van der Waals surface area contributed by atoms with E-state index in [0.717, 1.165) is 30.4 Å². The summed E-state index contributed by atoms with van der Waals surface area (Å²) in [5.41, 5.74) is 2.11. The van der Waals surface area contributed by atoms with Crippen LogP contribution in [0, 0.1) is 0 Å². The monoisotopic (exact) mass is 266 g/mol. The summed E-state index contributed by atoms with van der Waals surface area (Å²) < 4.78 is 50.6. The first-order chi connectivity index (χ1) is 7.93. The number of hydrogen-bond donors (Lipinski definition) is 0. The Morgan fingerprint density at radius 3 is 2.41 bits per heavy atom. The van der Waals surface area contributed by atoms with Gasteiger partial charge in [0.15, 0.2) is 0 Å². The van der Waals surface area contributed by atoms with Crippen LogP contribution >= 0.6 is 11.6 Å². The average Bonchev–Trinajstić information content (AvgIpc) is 2.74. The number of benzene rings is 1. The SMILES string of the molecule is FC(F)C(F)(F)C(Cl)c1ccc2c(c1)CCC2. The van der Waals surface area contributed by atoms with E-state index in [4.69, 9.17) is 11.6 Å². The van der Waals surface area contributed by atoms with Crippen LogP contribution in [-0.2, 0) is 12.8 Å². The molecule has 2 rings (SSSR count). The first-order valence-corrected chi connectivity index (χ1v) is 5.78. The number of rotatable bonds is 3. The maximum Gasteiger partial charge on any atom is 0.327 e. The molecule has 0 radical (unpaired) electrons. The Morgan fingerprint density at radius 1 is 1.12 bits per heavy atom. The number of fused-ring (bicyclic) bond motifs is 1. The van der Waals surface area contributed by atoms with Crippen molar-refractivity contribution in [2.24, 2.45) is 0 Å². The fourth-order valence-corrected chi connectivity index (χ4v) is 2.31. The Balaban J connectivity index is 2.29. The van der Waals surface area contributed by atoms with Crippen molar-refractivity contribution in [1.29, 1.82) is 0 Å². The van der Waals surface area contributed by atoms with Crippen LogP contribution in [0.3, 0.4) is 0 Å². The van der Waals surface area contributed by atoms with Crippen LogP contribution in [0.1, 0.15) is 28.5 Å². The summed E-state index contributed by atoms with van der Waals surface area (Å²) >= 11 is 5.46. The second-order valence-corrected chi connectivity index (χ2v) is 4.66. The Kier molecular flexibility index (Phi) is 3.34. The van der Waals surface area contributed by atoms with Gasteiger partial charge >= 0.3 is 12.3 Å². The van der Waals surface area contributed by atoms with Gasteiger partial charge in [-0.3, -0.25) is 0 Å². The zero-order valence-corrected chi connectivity index (χ0v) is 9.65. The van der Waals surface area contributed by atoms with E-state index in [-0.39, 0.29) is 5.56 Å². The first kappa shape index (κ1) is 12.7. The maximum atomic E-state index is 13.1. The van der Waals surface area contributed by atoms with E-state index in [1.54, 1.807) is 6.07 Å². The zero-order valence-electron chi connectivity index (χ0n) is 8.90. The van der Waals surface area contributed by atoms with Gasteiger partial charge in [-0.1, -0.05) is 18.2 Å². The van der Waals surface area contributed by atoms with Crippen LogP contribution in [0.4, 0.5) is 17.6 Å². The maximum absolute atomic E-state index is 13.1. The van der Waals surface area contributed by atoms with Gasteiger partial charge in [-0.15, -0.1) is 11.6 Å². The van der Waals surface area contributed by atoms with Gasteiger partial charge in [-0.05, 0) is 36.0 Å². The summed E-state index contributed by atoms with van der Waals surface area (Å²) in [5, 5.41) is -1.98. The van der Waals surface area contributed by atoms with Gasteiger partial charge in [-0.2, -0.15) is 8.78 Å². The molecular weight excluding hydrogens is 256 g/mol. The van der Waals surface area contributed by atoms with E-state index in [9.17, 15) is 17.6 Å². The molecule has 0 heterocycles. The molecule has 0 saturated carbocycles. The van der Waals surface area contributed by atoms with E-state index in [2.05, 4.69) is 0 Å². The highest BCUT2D eigenvalue weighted by molar-refractivity contribution is 6.21. The lowest BCUT2D eigenvalue weighted by Gasteiger charge is -2.21. The highest BCUT2D eigenvalue weighted by atomic mass is 35.5. The minimum absolute atomic E-state index is 0.0672. The molecule has 1 atom stereocenters. The first-order valence-electron chi connectivity index (χ1n) is 5.34. The predicted molar refractivity (Wildman–Crippen MR) is 58.0 cm³/mol. The highest BCUT2D eigenvalue weighted by Gasteiger charge is 2.48. The van der Waals surface area contributed by atoms with Crippen molar-refractivity contribution < 1.29 is 17.6 Å². The lowest BCUT2D eigenvalue weighted by Crippen LogP contribution is -2.31. The zero-order chi connectivity index (χ0) is 12.6. The summed E-state index contributed by atoms with van der Waals surface area (Å²) in [6, 6.07) is 4.64. The third-order valence-corrected chi connectivity index (χ3v) is 3.59. The van der Waals surface area contributed by atoms with Crippen LogP contribution in [0.15, 0.2) is 18.2 Å². The molecule has 0 aromatic heterocycles. The van der Waals surface area contributed by atoms with Crippen molar-refractivity contribution in [3.63, 3.8) is 0 Å². The predicted octanol–water partition coefficient (Wildman–Crippen LogP) is 4.36. The lowest BCUT2D eigenvalue weighted by molar-refractivity contribution is -0.130. The van der Waals surface area contributed by atoms with Crippen molar-refractivity contribution in [2.45, 2.75) is 37.0 Å². The summed E-state index contributed by atoms with van der Waals surface area (Å²) in [4.78, 5) is 0. The second-order valence-electron chi connectivity index (χ2n) is 4.22. The Bertz CT molecular complexity index is 417. The van der Waals surface area contributed by atoms with Gasteiger partial charge in [-0.25, -0.2) is 8.78 Å². The van der Waals surface area contributed by atoms with Crippen LogP contribution < -0.4 is 0 Å². The Hall–Kier alpha value is -0.770. The smallest absolute Gasteiger partial charge is 0.204 e. The van der Waals surface area contributed by atoms with Crippen molar-refractivity contribution in [2.75, 3.05) is 0 Å². The summed E-state index contributed by atoms with van der Waals surface area (Å²) in [7, 11) is 0. The van der Waals surface area contributed by atoms with E-state index >= 15 is 0 Å². The molecule has 0 bridgehead atoms. The van der Waals surface area contributed by atoms with Crippen LogP contribution in [-0.4, -0.2) is 12.3 Å². The van der Waals surface area contributed by atoms with E-state index < -0.39 is 17.7 Å². The normalized spacial score (nSPS) is 17.3. The Morgan fingerprint density at radius 2 is 1.76 bits per heavy atom. The molecular formula is C12H11ClF4. The molecule has 0 fully saturated rings. The van der Waals surface area contributed by atoms with Crippen LogP contribution in [0.25, 0.3) is 0 Å². The molecule has 0 nitrogen and oxygen atoms in total. The van der Waals surface area contributed by atoms with Crippen LogP contribution in [0.2, 0.25) is 0 Å². The summed E-state index contributed by atoms with van der Waals surface area (Å²) in [5.74, 6) is -4.20. The molecule has 1 aromatic carbocycles. The third-order valence-electron chi connectivity index (χ3n) is 3.04. The van der Waals surface area contributed by atoms with E-state index in [1.807, 2.05) is 0 Å². The molecule has 1 aliphatic rings. The second kappa shape index (κ2) is 4.48. The molecule has 0 amide bonds. The largest absolute Gasteiger partial charge is 0.327 e. The van der Waals surface area contributed by atoms with Crippen molar-refractivity contribution in [3.05, 3.63) is 34.9 Å². The van der Waals surface area contributed by atoms with Gasteiger partial charge in [0.25, 0.3) is 0 Å². The van der Waals surface area contributed by atoms with Gasteiger partial charge < -0.3 is 0 Å². The van der Waals surface area contributed by atoms with E-state index in [0.29, 0.717) is 0 Å². The molecule has 0 spiro atoms. The fraction of sp³-hybridized carbons (Fsp3) is 0.500. The molecule has 0 N–H and O–H groups in total. The number of aryl methyl sites for hydroxylation is 2. The van der Waals surface area contributed by atoms with Gasteiger partial charge in [0.2, 0.25) is 0 Å². The number of halogens is 5. The van der Waals surface area contributed by atoms with Crippen molar-refractivity contribution in [3.8, 4) is 0 Å². The molecule has 1 unspecified atom stereocenters. The molecule has 94 valence electrons. The number of hydrogen-bond acceptors (Lipinski definition) is 0. The van der Waals surface area contributed by atoms with Crippen molar-refractivity contribution >= 4 is 11.6 Å². The molecule has 17 heavy (non-hydrogen) atoms. The van der Waals surface area contributed by atoms with E-state index in [1.165, 1.54) is 12.1 Å². The minimum atomic E-state index is -4.20. The standard InChI is InChI=1S/C12H11ClF4/c13-10(12(16,17)11(14)15)9-5-4-7-2-1-3-8(7)6-9/h4-6,10-11H,1-3H2. The van der Waals surface area contributed by atoms with Crippen molar-refractivity contribution in [1.82, 2.24) is 0 Å². The van der Waals surface area contributed by atoms with Gasteiger partial charge in [0.05, 0.1) is 0 Å². The quantitative estimate of drug-likeness (QED) is 0.563. The highest BCUT2D eigenvalue weighted by Crippen LogP contribution is 2.42. The summed E-state index contributed by atoms with van der Waals surface area (Å²) in [6.45, 7) is 0. The molecule has 1 aliphatic carbocycles. The molecule has 1 aromatic rings. The van der Waals surface area contributed by atoms with Gasteiger partial charge in [0.1, 0.15) is 5.38 Å². The average molecular weight is 267 g/mol. The number of alkyl halides is 5. The third kappa shape index (κ3) is 2.28. The fourth-order valence-electron chi connectivity index (χ4n) is 2.08. The van der Waals surface area contributed by atoms with Crippen LogP contribution in [0.5, 0.6) is 0 Å². The Labute approximate surface area is 102 Å².